The van der Waals surface area contributed by atoms with E-state index in [1.165, 1.54) is 18.2 Å². The van der Waals surface area contributed by atoms with Gasteiger partial charge in [0.05, 0.1) is 6.04 Å². The van der Waals surface area contributed by atoms with Crippen LogP contribution in [0.1, 0.15) is 53.5 Å². The molecule has 0 unspecified atom stereocenters. The number of benzene rings is 1. The highest BCUT2D eigenvalue weighted by atomic mass is 32.2. The summed E-state index contributed by atoms with van der Waals surface area (Å²) in [7, 11) is -4.23. The van der Waals surface area contributed by atoms with E-state index >= 15 is 0 Å². The van der Waals surface area contributed by atoms with Gasteiger partial charge in [0.2, 0.25) is 0 Å². The molecule has 2 heterocycles. The molecule has 9 nitrogen and oxygen atoms in total. The molecular formula is C23H31N3O6S. The zero-order chi connectivity index (χ0) is 24.9. The number of sulfonamides is 1. The molecule has 0 saturated carbocycles. The van der Waals surface area contributed by atoms with Gasteiger partial charge in [-0.15, -0.1) is 0 Å². The summed E-state index contributed by atoms with van der Waals surface area (Å²) in [5.41, 5.74) is 4.45. The molecule has 2 amide bonds. The molecule has 0 radical (unpaired) electrons. The maximum absolute atomic E-state index is 13.5. The number of fused-ring (bicyclic) bond motifs is 1. The Kier molecular flexibility index (Phi) is 6.12. The van der Waals surface area contributed by atoms with E-state index in [0.717, 1.165) is 0 Å². The van der Waals surface area contributed by atoms with E-state index in [-0.39, 0.29) is 38.7 Å². The van der Waals surface area contributed by atoms with Crippen LogP contribution in [0, 0.1) is 10.8 Å². The van der Waals surface area contributed by atoms with Crippen LogP contribution in [0.2, 0.25) is 0 Å². The smallest absolute Gasteiger partial charge is 0.287 e. The average molecular weight is 478 g/mol. The van der Waals surface area contributed by atoms with Crippen molar-refractivity contribution in [3.8, 4) is 5.75 Å². The predicted octanol–water partition coefficient (Wildman–Crippen LogP) is 2.55. The van der Waals surface area contributed by atoms with Crippen LogP contribution in [0.4, 0.5) is 0 Å². The third-order valence-electron chi connectivity index (χ3n) is 5.53. The first kappa shape index (κ1) is 24.8. The van der Waals surface area contributed by atoms with Crippen LogP contribution < -0.4 is 10.5 Å². The summed E-state index contributed by atoms with van der Waals surface area (Å²) < 4.78 is 34.9. The molecule has 33 heavy (non-hydrogen) atoms. The van der Waals surface area contributed by atoms with Crippen molar-refractivity contribution in [2.75, 3.05) is 13.2 Å². The molecule has 0 fully saturated rings. The van der Waals surface area contributed by atoms with Crippen LogP contribution in [0.15, 0.2) is 38.8 Å². The van der Waals surface area contributed by atoms with Crippen LogP contribution in [0.3, 0.4) is 0 Å². The highest BCUT2D eigenvalue weighted by Crippen LogP contribution is 2.42. The first-order valence-electron chi connectivity index (χ1n) is 10.7. The van der Waals surface area contributed by atoms with E-state index in [0.29, 0.717) is 13.0 Å². The average Bonchev–Trinajstić information content (AvgIpc) is 3.07. The van der Waals surface area contributed by atoms with Crippen molar-refractivity contribution in [3.05, 3.63) is 35.1 Å². The minimum Gasteiger partial charge on any atom is -0.509 e. The molecule has 0 spiro atoms. The molecule has 2 aliphatic heterocycles. The Morgan fingerprint density at radius 3 is 2.39 bits per heavy atom. The topological polar surface area (TPSA) is 139 Å². The largest absolute Gasteiger partial charge is 0.509 e. The summed E-state index contributed by atoms with van der Waals surface area (Å²) in [4.78, 5) is 26.0. The molecular weight excluding hydrogens is 446 g/mol. The van der Waals surface area contributed by atoms with Gasteiger partial charge in [-0.3, -0.25) is 9.59 Å². The fourth-order valence-electron chi connectivity index (χ4n) is 4.07. The van der Waals surface area contributed by atoms with Crippen molar-refractivity contribution in [2.24, 2.45) is 21.0 Å². The molecule has 3 N–H and O–H groups in total. The summed E-state index contributed by atoms with van der Waals surface area (Å²) in [6.07, 6.45) is 0.693. The summed E-state index contributed by atoms with van der Waals surface area (Å²) in [6.45, 7) is 11.8. The number of hydrogen-bond acceptors (Lipinski definition) is 6. The summed E-state index contributed by atoms with van der Waals surface area (Å²) in [6, 6.07) is 3.77. The maximum atomic E-state index is 13.5. The molecule has 0 aliphatic carbocycles. The van der Waals surface area contributed by atoms with Gasteiger partial charge in [-0.25, -0.2) is 0 Å². The van der Waals surface area contributed by atoms with E-state index in [4.69, 9.17) is 10.5 Å². The number of primary amides is 1. The third-order valence-corrected chi connectivity index (χ3v) is 6.89. The number of aliphatic hydroxyl groups is 1. The molecule has 180 valence electrons. The Balaban J connectivity index is 2.11. The van der Waals surface area contributed by atoms with Gasteiger partial charge in [-0.05, 0) is 23.3 Å². The maximum Gasteiger partial charge on any atom is 0.287 e. The Bertz CT molecular complexity index is 1170. The lowest BCUT2D eigenvalue weighted by molar-refractivity contribution is -0.128. The second-order valence-corrected chi connectivity index (χ2v) is 12.2. The van der Waals surface area contributed by atoms with Crippen molar-refractivity contribution in [2.45, 2.75) is 58.9 Å². The summed E-state index contributed by atoms with van der Waals surface area (Å²) in [5.74, 6) is -1.53. The highest BCUT2D eigenvalue weighted by molar-refractivity contribution is 7.91. The summed E-state index contributed by atoms with van der Waals surface area (Å²) in [5, 5.41) is 11.2. The fourth-order valence-corrected chi connectivity index (χ4v) is 5.41. The quantitative estimate of drug-likeness (QED) is 0.645. The molecule has 10 heteroatoms. The zero-order valence-electron chi connectivity index (χ0n) is 19.8. The minimum atomic E-state index is -4.23. The Morgan fingerprint density at radius 1 is 1.21 bits per heavy atom. The van der Waals surface area contributed by atoms with E-state index in [1.54, 1.807) is 4.90 Å². The van der Waals surface area contributed by atoms with Crippen molar-refractivity contribution in [1.82, 2.24) is 4.90 Å². The van der Waals surface area contributed by atoms with Crippen molar-refractivity contribution in [3.63, 3.8) is 0 Å². The standard InChI is InChI=1S/C23H31N3O6S/c1-22(2,3)10-11-26-20(23(4,5)6)18(28)16(21(26)29)17-13-8-7-9-14(32-12-15(24)27)19(13)33(30,31)25-17/h7-9,20,28H,10-12H2,1-6H3,(H2,24,27)/t20-/m1/s1. The highest BCUT2D eigenvalue weighted by Gasteiger charge is 2.49. The van der Waals surface area contributed by atoms with Crippen molar-refractivity contribution < 1.29 is 27.9 Å². The molecule has 1 aromatic rings. The molecule has 0 bridgehead atoms. The normalized spacial score (nSPS) is 20.2. The lowest BCUT2D eigenvalue weighted by atomic mass is 9.84. The van der Waals surface area contributed by atoms with Gasteiger partial charge < -0.3 is 20.5 Å². The number of rotatable bonds is 6. The Morgan fingerprint density at radius 2 is 1.85 bits per heavy atom. The van der Waals surface area contributed by atoms with Crippen LogP contribution in [0.5, 0.6) is 5.75 Å². The van der Waals surface area contributed by atoms with Gasteiger partial charge in [0.1, 0.15) is 27.7 Å². The SMILES string of the molecule is CC(C)(C)CCN1C(=O)C(C2=NS(=O)(=O)c3c(OCC(N)=O)cccc32)=C(O)[C@@H]1C(C)(C)C. The lowest BCUT2D eigenvalue weighted by Crippen LogP contribution is -2.45. The number of hydrogen-bond donors (Lipinski definition) is 2. The number of ether oxygens (including phenoxy) is 1. The first-order chi connectivity index (χ1) is 15.0. The third kappa shape index (κ3) is 4.75. The van der Waals surface area contributed by atoms with E-state index < -0.39 is 39.9 Å². The number of carbonyl (C=O) groups excluding carboxylic acids is 2. The predicted molar refractivity (Wildman–Crippen MR) is 124 cm³/mol. The number of nitrogens with zero attached hydrogens (tertiary/aromatic N) is 2. The van der Waals surface area contributed by atoms with E-state index in [9.17, 15) is 23.1 Å². The van der Waals surface area contributed by atoms with Gasteiger partial charge in [0.25, 0.3) is 21.8 Å². The zero-order valence-corrected chi connectivity index (χ0v) is 20.6. The van der Waals surface area contributed by atoms with E-state index in [2.05, 4.69) is 25.2 Å². The number of nitrogens with two attached hydrogens (primary N) is 1. The van der Waals surface area contributed by atoms with Crippen LogP contribution in [-0.4, -0.2) is 55.1 Å². The fraction of sp³-hybridized carbons (Fsp3) is 0.522. The van der Waals surface area contributed by atoms with Crippen LogP contribution >= 0.6 is 0 Å². The molecule has 0 saturated heterocycles. The number of aliphatic hydroxyl groups excluding tert-OH is 1. The molecule has 1 atom stereocenters. The number of amides is 2. The molecule has 0 aromatic heterocycles. The first-order valence-corrected chi connectivity index (χ1v) is 12.1. The monoisotopic (exact) mass is 477 g/mol. The molecule has 1 aromatic carbocycles. The minimum absolute atomic E-state index is 0.0471. The van der Waals surface area contributed by atoms with Gasteiger partial charge in [-0.2, -0.15) is 12.8 Å². The van der Waals surface area contributed by atoms with Crippen LogP contribution in [-0.2, 0) is 19.6 Å². The van der Waals surface area contributed by atoms with E-state index in [1.807, 2.05) is 20.8 Å². The summed E-state index contributed by atoms with van der Waals surface area (Å²) >= 11 is 0. The lowest BCUT2D eigenvalue weighted by Gasteiger charge is -2.36. The van der Waals surface area contributed by atoms with Crippen molar-refractivity contribution >= 4 is 27.5 Å². The van der Waals surface area contributed by atoms with Gasteiger partial charge in [-0.1, -0.05) is 53.7 Å². The Labute approximate surface area is 194 Å². The van der Waals surface area contributed by atoms with Gasteiger partial charge >= 0.3 is 0 Å². The molecule has 2 aliphatic rings. The van der Waals surface area contributed by atoms with Crippen molar-refractivity contribution in [1.29, 1.82) is 0 Å². The van der Waals surface area contributed by atoms with Gasteiger partial charge in [0.15, 0.2) is 6.61 Å². The van der Waals surface area contributed by atoms with Crippen LogP contribution in [0.25, 0.3) is 0 Å². The van der Waals surface area contributed by atoms with Gasteiger partial charge in [0, 0.05) is 12.1 Å². The number of carbonyl (C=O) groups is 2. The second-order valence-electron chi connectivity index (χ2n) is 10.6. The Hall–Kier alpha value is -2.88. The molecule has 3 rings (SSSR count). The second kappa shape index (κ2) is 8.16.